The largest absolute Gasteiger partial charge is 0.489 e. The molecule has 2 rings (SSSR count). The van der Waals surface area contributed by atoms with Crippen LogP contribution in [0, 0.1) is 0 Å². The zero-order chi connectivity index (χ0) is 12.8. The van der Waals surface area contributed by atoms with Crippen molar-refractivity contribution in [2.24, 2.45) is 5.73 Å². The van der Waals surface area contributed by atoms with Crippen molar-refractivity contribution < 1.29 is 9.13 Å². The lowest BCUT2D eigenvalue weighted by Crippen LogP contribution is -2.10. The number of nitrogens with one attached hydrogen (secondary N) is 1. The van der Waals surface area contributed by atoms with Gasteiger partial charge in [0.1, 0.15) is 12.4 Å². The summed E-state index contributed by atoms with van der Waals surface area (Å²) in [6.07, 6.45) is 0.467. The highest BCUT2D eigenvalue weighted by atomic mass is 35.5. The van der Waals surface area contributed by atoms with Gasteiger partial charge in [-0.3, -0.25) is 0 Å². The van der Waals surface area contributed by atoms with Crippen LogP contribution in [0.25, 0.3) is 11.4 Å². The van der Waals surface area contributed by atoms with E-state index in [0.29, 0.717) is 23.5 Å². The summed E-state index contributed by atoms with van der Waals surface area (Å²) >= 11 is 0. The fourth-order valence-corrected chi connectivity index (χ4v) is 1.30. The number of ether oxygens (including phenoxy) is 1. The molecular formula is C11H13ClFN5O. The second-order valence-electron chi connectivity index (χ2n) is 3.53. The van der Waals surface area contributed by atoms with Crippen molar-refractivity contribution in [1.82, 2.24) is 20.6 Å². The fraction of sp³-hybridized carbons (Fsp3) is 0.182. The number of halogens is 2. The number of aromatic nitrogens is 4. The first-order valence-electron chi connectivity index (χ1n) is 5.28. The van der Waals surface area contributed by atoms with Crippen LogP contribution < -0.4 is 10.5 Å². The van der Waals surface area contributed by atoms with E-state index in [1.807, 2.05) is 0 Å². The maximum atomic E-state index is 12.3. The van der Waals surface area contributed by atoms with Gasteiger partial charge in [0.15, 0.2) is 5.82 Å². The third-order valence-electron chi connectivity index (χ3n) is 2.31. The lowest BCUT2D eigenvalue weighted by Gasteiger charge is -2.07. The lowest BCUT2D eigenvalue weighted by molar-refractivity contribution is 0.347. The summed E-state index contributed by atoms with van der Waals surface area (Å²) in [6, 6.07) is 7.12. The molecule has 102 valence electrons. The summed E-state index contributed by atoms with van der Waals surface area (Å²) in [5.74, 6) is 1.20. The van der Waals surface area contributed by atoms with Crippen molar-refractivity contribution in [2.75, 3.05) is 13.2 Å². The third kappa shape index (κ3) is 4.01. The second kappa shape index (κ2) is 7.45. The van der Waals surface area contributed by atoms with E-state index in [2.05, 4.69) is 20.6 Å². The van der Waals surface area contributed by atoms with Gasteiger partial charge in [0.2, 0.25) is 0 Å². The van der Waals surface area contributed by atoms with Crippen LogP contribution in [0.3, 0.4) is 0 Å². The highest BCUT2D eigenvalue weighted by Gasteiger charge is 2.02. The van der Waals surface area contributed by atoms with E-state index in [1.54, 1.807) is 24.3 Å². The van der Waals surface area contributed by atoms with Gasteiger partial charge in [-0.15, -0.1) is 17.5 Å². The highest BCUT2D eigenvalue weighted by molar-refractivity contribution is 5.85. The lowest BCUT2D eigenvalue weighted by atomic mass is 10.2. The Morgan fingerprint density at radius 1 is 1.37 bits per heavy atom. The second-order valence-corrected chi connectivity index (χ2v) is 3.53. The first-order valence-corrected chi connectivity index (χ1v) is 5.28. The first-order chi connectivity index (χ1) is 8.83. The Kier molecular flexibility index (Phi) is 5.91. The van der Waals surface area contributed by atoms with Crippen LogP contribution in [0.2, 0.25) is 0 Å². The number of aromatic amines is 1. The molecule has 0 atom stereocenters. The predicted molar refractivity (Wildman–Crippen MR) is 70.6 cm³/mol. The number of benzene rings is 1. The van der Waals surface area contributed by atoms with Gasteiger partial charge in [0.25, 0.3) is 0 Å². The zero-order valence-electron chi connectivity index (χ0n) is 9.91. The molecule has 8 heteroatoms. The number of H-pyrrole nitrogens is 1. The molecule has 0 amide bonds. The molecule has 1 aromatic heterocycles. The number of nitrogens with zero attached hydrogens (tertiary/aromatic N) is 3. The molecule has 2 aromatic rings. The van der Waals surface area contributed by atoms with Crippen LogP contribution in [-0.2, 0) is 0 Å². The molecule has 1 aromatic carbocycles. The van der Waals surface area contributed by atoms with Crippen LogP contribution in [0.5, 0.6) is 5.75 Å². The summed E-state index contributed by atoms with van der Waals surface area (Å²) in [5, 5.41) is 13.4. The highest BCUT2D eigenvalue weighted by Crippen LogP contribution is 2.18. The smallest absolute Gasteiger partial charge is 0.179 e. The summed E-state index contributed by atoms with van der Waals surface area (Å²) < 4.78 is 17.6. The molecule has 0 aliphatic heterocycles. The van der Waals surface area contributed by atoms with Gasteiger partial charge in [0, 0.05) is 17.7 Å². The van der Waals surface area contributed by atoms with E-state index in [-0.39, 0.29) is 25.6 Å². The van der Waals surface area contributed by atoms with Crippen molar-refractivity contribution in [3.8, 4) is 17.1 Å². The van der Waals surface area contributed by atoms with Gasteiger partial charge in [-0.1, -0.05) is 0 Å². The monoisotopic (exact) mass is 285 g/mol. The van der Waals surface area contributed by atoms with Crippen molar-refractivity contribution in [3.05, 3.63) is 36.2 Å². The minimum atomic E-state index is 0. The molecule has 0 saturated carbocycles. The Hall–Kier alpha value is -1.99. The Bertz CT molecular complexity index is 514. The van der Waals surface area contributed by atoms with Crippen molar-refractivity contribution >= 4 is 12.4 Å². The number of nitrogens with two attached hydrogens (primary N) is 1. The van der Waals surface area contributed by atoms with Gasteiger partial charge in [-0.25, -0.2) is 9.49 Å². The summed E-state index contributed by atoms with van der Waals surface area (Å²) in [5.41, 5.74) is 6.56. The molecule has 0 spiro atoms. The van der Waals surface area contributed by atoms with E-state index >= 15 is 0 Å². The van der Waals surface area contributed by atoms with Crippen molar-refractivity contribution in [1.29, 1.82) is 0 Å². The number of tetrazole rings is 1. The predicted octanol–water partition coefficient (Wildman–Crippen LogP) is 1.48. The molecule has 0 saturated heterocycles. The molecular weight excluding hydrogens is 273 g/mol. The molecule has 6 nitrogen and oxygen atoms in total. The maximum Gasteiger partial charge on any atom is 0.179 e. The molecule has 3 N–H and O–H groups in total. The van der Waals surface area contributed by atoms with Crippen LogP contribution in [0.15, 0.2) is 36.2 Å². The number of hydrogen-bond acceptors (Lipinski definition) is 5. The quantitative estimate of drug-likeness (QED) is 0.868. The number of hydrogen-bond donors (Lipinski definition) is 2. The third-order valence-corrected chi connectivity index (χ3v) is 2.31. The molecule has 1 heterocycles. The molecule has 0 aliphatic rings. The van der Waals surface area contributed by atoms with E-state index in [9.17, 15) is 4.39 Å². The molecule has 0 radical (unpaired) electrons. The van der Waals surface area contributed by atoms with Gasteiger partial charge in [0.05, 0.1) is 6.33 Å². The van der Waals surface area contributed by atoms with Crippen LogP contribution in [0.1, 0.15) is 0 Å². The van der Waals surface area contributed by atoms with E-state index in [1.165, 1.54) is 0 Å². The Morgan fingerprint density at radius 2 is 2.11 bits per heavy atom. The minimum Gasteiger partial charge on any atom is -0.489 e. The summed E-state index contributed by atoms with van der Waals surface area (Å²) in [6.45, 7) is 0.272. The van der Waals surface area contributed by atoms with E-state index in [0.717, 1.165) is 5.56 Å². The summed E-state index contributed by atoms with van der Waals surface area (Å²) in [7, 11) is 0. The Labute approximate surface area is 115 Å². The molecule has 0 fully saturated rings. The van der Waals surface area contributed by atoms with Gasteiger partial charge in [-0.05, 0) is 34.7 Å². The standard InChI is InChI=1S/C11H12FN5O.ClH/c12-5-8(6-13)7-18-10-3-1-9(2-4-10)11-14-16-17-15-11;/h1-5H,6-7,13H2,(H,14,15,16,17);1H/b8-5-;. The van der Waals surface area contributed by atoms with Crippen molar-refractivity contribution in [3.63, 3.8) is 0 Å². The van der Waals surface area contributed by atoms with Gasteiger partial charge in [-0.2, -0.15) is 0 Å². The SMILES string of the molecule is Cl.NC/C(=C/F)COc1ccc(-c2nnn[nH]2)cc1. The normalized spacial score (nSPS) is 10.9. The molecule has 0 unspecified atom stereocenters. The minimum absolute atomic E-state index is 0. The average Bonchev–Trinajstić information content (AvgIpc) is 2.94. The van der Waals surface area contributed by atoms with Crippen LogP contribution in [-0.4, -0.2) is 33.8 Å². The van der Waals surface area contributed by atoms with Gasteiger partial charge >= 0.3 is 0 Å². The Balaban J connectivity index is 0.00000180. The average molecular weight is 286 g/mol. The Morgan fingerprint density at radius 3 is 2.63 bits per heavy atom. The zero-order valence-corrected chi connectivity index (χ0v) is 10.7. The molecule has 0 bridgehead atoms. The van der Waals surface area contributed by atoms with E-state index in [4.69, 9.17) is 10.5 Å². The van der Waals surface area contributed by atoms with Crippen molar-refractivity contribution in [2.45, 2.75) is 0 Å². The fourth-order valence-electron chi connectivity index (χ4n) is 1.30. The molecule has 19 heavy (non-hydrogen) atoms. The first kappa shape index (κ1) is 15.1. The van der Waals surface area contributed by atoms with Crippen LogP contribution in [0.4, 0.5) is 4.39 Å². The maximum absolute atomic E-state index is 12.3. The van der Waals surface area contributed by atoms with E-state index < -0.39 is 0 Å². The molecule has 0 aliphatic carbocycles. The topological polar surface area (TPSA) is 89.7 Å². The van der Waals surface area contributed by atoms with Gasteiger partial charge < -0.3 is 10.5 Å². The van der Waals surface area contributed by atoms with Crippen LogP contribution >= 0.6 is 12.4 Å². The summed E-state index contributed by atoms with van der Waals surface area (Å²) in [4.78, 5) is 0. The number of rotatable bonds is 5.